The molecule has 0 rings (SSSR count). The van der Waals surface area contributed by atoms with E-state index >= 15 is 0 Å². The van der Waals surface area contributed by atoms with Crippen LogP contribution in [0.5, 0.6) is 0 Å². The lowest BCUT2D eigenvalue weighted by molar-refractivity contribution is 1.13. The third-order valence-corrected chi connectivity index (χ3v) is 1.48. The highest BCUT2D eigenvalue weighted by atomic mass is 32.2. The van der Waals surface area contributed by atoms with Crippen molar-refractivity contribution in [1.29, 1.82) is 0 Å². The van der Waals surface area contributed by atoms with Gasteiger partial charge in [0.1, 0.15) is 0 Å². The molecule has 0 aromatic heterocycles. The van der Waals surface area contributed by atoms with Gasteiger partial charge in [-0.05, 0) is 25.7 Å². The third-order valence-electron chi connectivity index (χ3n) is 0.703. The molecule has 0 saturated carbocycles. The van der Waals surface area contributed by atoms with E-state index in [2.05, 4.69) is 11.6 Å². The van der Waals surface area contributed by atoms with Crippen molar-refractivity contribution in [2.75, 3.05) is 6.54 Å². The van der Waals surface area contributed by atoms with E-state index in [0.717, 1.165) is 16.5 Å². The second kappa shape index (κ2) is 4.62. The summed E-state index contributed by atoms with van der Waals surface area (Å²) in [5, 5.41) is 1.10. The van der Waals surface area contributed by atoms with Gasteiger partial charge in [-0.3, -0.25) is 4.99 Å². The first kappa shape index (κ1) is 8.76. The molecule has 0 aromatic rings. The Morgan fingerprint density at radius 1 is 1.56 bits per heavy atom. The number of nitrogens with zero attached hydrogens (tertiary/aromatic N) is 1. The predicted octanol–water partition coefficient (Wildman–Crippen LogP) is 2.69. The molecule has 0 atom stereocenters. The zero-order valence-corrected chi connectivity index (χ0v) is 7.09. The van der Waals surface area contributed by atoms with Crippen LogP contribution in [0, 0.1) is 0 Å². The van der Waals surface area contributed by atoms with Gasteiger partial charge in [0.2, 0.25) is 0 Å². The highest BCUT2D eigenvalue weighted by Crippen LogP contribution is 2.13. The van der Waals surface area contributed by atoms with Gasteiger partial charge in [0.05, 0.1) is 5.04 Å². The molecule has 0 N–H and O–H groups in total. The molecule has 9 heavy (non-hydrogen) atoms. The lowest BCUT2D eigenvalue weighted by Gasteiger charge is -1.95. The molecule has 0 saturated heterocycles. The van der Waals surface area contributed by atoms with Crippen molar-refractivity contribution in [3.05, 3.63) is 11.5 Å². The van der Waals surface area contributed by atoms with E-state index in [0.29, 0.717) is 0 Å². The Bertz CT molecular complexity index is 127. The molecule has 0 aliphatic carbocycles. The SMILES string of the molecule is C=C(C)S/C(C)=N\CC. The van der Waals surface area contributed by atoms with Gasteiger partial charge in [0.25, 0.3) is 0 Å². The zero-order chi connectivity index (χ0) is 7.28. The summed E-state index contributed by atoms with van der Waals surface area (Å²) in [6, 6.07) is 0. The molecule has 0 aliphatic rings. The van der Waals surface area contributed by atoms with Crippen LogP contribution in [0.25, 0.3) is 0 Å². The highest BCUT2D eigenvalue weighted by Gasteiger charge is 1.89. The van der Waals surface area contributed by atoms with Crippen molar-refractivity contribution in [2.45, 2.75) is 20.8 Å². The quantitative estimate of drug-likeness (QED) is 0.427. The van der Waals surface area contributed by atoms with E-state index in [4.69, 9.17) is 0 Å². The number of rotatable bonds is 2. The Morgan fingerprint density at radius 2 is 2.11 bits per heavy atom. The molecule has 0 aromatic carbocycles. The molecule has 0 bridgehead atoms. The van der Waals surface area contributed by atoms with Crippen LogP contribution in [0.2, 0.25) is 0 Å². The summed E-state index contributed by atoms with van der Waals surface area (Å²) >= 11 is 1.63. The normalized spacial score (nSPS) is 11.7. The summed E-state index contributed by atoms with van der Waals surface area (Å²) in [4.78, 5) is 5.29. The second-order valence-corrected chi connectivity index (χ2v) is 3.29. The second-order valence-electron chi connectivity index (χ2n) is 1.80. The van der Waals surface area contributed by atoms with E-state index in [1.807, 2.05) is 20.8 Å². The van der Waals surface area contributed by atoms with Gasteiger partial charge in [-0.15, -0.1) is 0 Å². The summed E-state index contributed by atoms with van der Waals surface area (Å²) in [5.41, 5.74) is 0. The predicted molar refractivity (Wildman–Crippen MR) is 46.1 cm³/mol. The van der Waals surface area contributed by atoms with E-state index in [9.17, 15) is 0 Å². The average Bonchev–Trinajstić information content (AvgIpc) is 1.63. The standard InChI is InChI=1S/C7H13NS/c1-5-8-7(4)9-6(2)3/h2,5H2,1,3-4H3/b8-7-. The molecule has 0 amide bonds. The average molecular weight is 143 g/mol. The summed E-state index contributed by atoms with van der Waals surface area (Å²) in [6.45, 7) is 10.6. The van der Waals surface area contributed by atoms with Gasteiger partial charge in [-0.2, -0.15) is 0 Å². The summed E-state index contributed by atoms with van der Waals surface area (Å²) < 4.78 is 0. The zero-order valence-electron chi connectivity index (χ0n) is 6.27. The first-order valence-corrected chi connectivity index (χ1v) is 3.83. The molecule has 0 heterocycles. The topological polar surface area (TPSA) is 12.4 Å². The molecule has 1 nitrogen and oxygen atoms in total. The van der Waals surface area contributed by atoms with Crippen LogP contribution in [0.4, 0.5) is 0 Å². The maximum absolute atomic E-state index is 4.18. The molecule has 52 valence electrons. The molecular weight excluding hydrogens is 130 g/mol. The fourth-order valence-corrected chi connectivity index (χ4v) is 1.21. The Kier molecular flexibility index (Phi) is 4.50. The lowest BCUT2D eigenvalue weighted by Crippen LogP contribution is -1.83. The van der Waals surface area contributed by atoms with E-state index in [-0.39, 0.29) is 0 Å². The minimum atomic E-state index is 0.867. The number of hydrogen-bond acceptors (Lipinski definition) is 2. The minimum absolute atomic E-state index is 0.867. The Balaban J connectivity index is 3.62. The van der Waals surface area contributed by atoms with Gasteiger partial charge in [-0.25, -0.2) is 0 Å². The highest BCUT2D eigenvalue weighted by molar-refractivity contribution is 8.17. The summed E-state index contributed by atoms with van der Waals surface area (Å²) in [5.74, 6) is 0. The number of aliphatic imine (C=N–C) groups is 1. The monoisotopic (exact) mass is 143 g/mol. The van der Waals surface area contributed by atoms with E-state index in [1.165, 1.54) is 0 Å². The van der Waals surface area contributed by atoms with Crippen LogP contribution in [-0.2, 0) is 0 Å². The minimum Gasteiger partial charge on any atom is -0.283 e. The van der Waals surface area contributed by atoms with Crippen LogP contribution < -0.4 is 0 Å². The van der Waals surface area contributed by atoms with Crippen LogP contribution in [0.1, 0.15) is 20.8 Å². The largest absolute Gasteiger partial charge is 0.283 e. The van der Waals surface area contributed by atoms with Crippen molar-refractivity contribution < 1.29 is 0 Å². The van der Waals surface area contributed by atoms with E-state index < -0.39 is 0 Å². The van der Waals surface area contributed by atoms with Gasteiger partial charge in [-0.1, -0.05) is 18.3 Å². The fraction of sp³-hybridized carbons (Fsp3) is 0.571. The van der Waals surface area contributed by atoms with Crippen molar-refractivity contribution in [3.63, 3.8) is 0 Å². The lowest BCUT2D eigenvalue weighted by atomic mass is 10.7. The maximum Gasteiger partial charge on any atom is 0.0688 e. The summed E-state index contributed by atoms with van der Waals surface area (Å²) in [6.07, 6.45) is 0. The van der Waals surface area contributed by atoms with Gasteiger partial charge in [0.15, 0.2) is 0 Å². The first-order chi connectivity index (χ1) is 4.16. The van der Waals surface area contributed by atoms with Gasteiger partial charge >= 0.3 is 0 Å². The number of hydrogen-bond donors (Lipinski definition) is 0. The van der Waals surface area contributed by atoms with Crippen molar-refractivity contribution in [3.8, 4) is 0 Å². The van der Waals surface area contributed by atoms with Crippen LogP contribution in [0.15, 0.2) is 16.5 Å². The van der Waals surface area contributed by atoms with Crippen molar-refractivity contribution >= 4 is 16.8 Å². The number of allylic oxidation sites excluding steroid dienone is 1. The smallest absolute Gasteiger partial charge is 0.0688 e. The van der Waals surface area contributed by atoms with Gasteiger partial charge in [0, 0.05) is 6.54 Å². The van der Waals surface area contributed by atoms with E-state index in [1.54, 1.807) is 11.8 Å². The van der Waals surface area contributed by atoms with Gasteiger partial charge < -0.3 is 0 Å². The Morgan fingerprint density at radius 3 is 2.44 bits per heavy atom. The molecule has 2 heteroatoms. The first-order valence-electron chi connectivity index (χ1n) is 3.01. The van der Waals surface area contributed by atoms with Crippen molar-refractivity contribution in [2.24, 2.45) is 4.99 Å². The number of thioether (sulfide) groups is 1. The van der Waals surface area contributed by atoms with Crippen LogP contribution in [0.3, 0.4) is 0 Å². The van der Waals surface area contributed by atoms with Crippen LogP contribution in [-0.4, -0.2) is 11.6 Å². The maximum atomic E-state index is 4.18. The third kappa shape index (κ3) is 5.63. The molecule has 0 fully saturated rings. The molecule has 0 aliphatic heterocycles. The van der Waals surface area contributed by atoms with Crippen molar-refractivity contribution in [1.82, 2.24) is 0 Å². The Labute approximate surface area is 61.3 Å². The van der Waals surface area contributed by atoms with Crippen LogP contribution >= 0.6 is 11.8 Å². The molecule has 0 spiro atoms. The Hall–Kier alpha value is -0.240. The fourth-order valence-electron chi connectivity index (χ4n) is 0.507. The molecule has 0 unspecified atom stereocenters. The summed E-state index contributed by atoms with van der Waals surface area (Å²) in [7, 11) is 0. The molecular formula is C7H13NS. The molecule has 0 radical (unpaired) electrons.